The summed E-state index contributed by atoms with van der Waals surface area (Å²) in [6, 6.07) is 3.86. The Bertz CT molecular complexity index is 299. The van der Waals surface area contributed by atoms with E-state index in [1.165, 1.54) is 0 Å². The van der Waals surface area contributed by atoms with Gasteiger partial charge in [-0.15, -0.1) is 0 Å². The topological polar surface area (TPSA) is 57.4 Å². The molecule has 1 aliphatic heterocycles. The van der Waals surface area contributed by atoms with Gasteiger partial charge in [-0.1, -0.05) is 0 Å². The van der Waals surface area contributed by atoms with Gasteiger partial charge in [-0.2, -0.15) is 0 Å². The number of nitrogens with two attached hydrogens (primary N) is 1. The highest BCUT2D eigenvalue weighted by Gasteiger charge is 2.26. The third-order valence-electron chi connectivity index (χ3n) is 2.43. The highest BCUT2D eigenvalue weighted by atomic mass is 16.5. The largest absolute Gasteiger partial charge is 0.481 e. The lowest BCUT2D eigenvalue weighted by atomic mass is 10.1. The molecule has 0 saturated carbocycles. The maximum atomic E-state index is 5.90. The van der Waals surface area contributed by atoms with E-state index in [2.05, 4.69) is 4.98 Å². The predicted octanol–water partition coefficient (Wildman–Crippen LogP) is 0.879. The second-order valence-electron chi connectivity index (χ2n) is 3.38. The first-order chi connectivity index (χ1) is 6.81. The van der Waals surface area contributed by atoms with E-state index < -0.39 is 0 Å². The van der Waals surface area contributed by atoms with Crippen molar-refractivity contribution < 1.29 is 9.47 Å². The van der Waals surface area contributed by atoms with Crippen LogP contribution < -0.4 is 10.5 Å². The second kappa shape index (κ2) is 3.94. The molecule has 0 aromatic carbocycles. The Balaban J connectivity index is 2.16. The highest BCUT2D eigenvalue weighted by Crippen LogP contribution is 2.27. The molecule has 1 aromatic heterocycles. The van der Waals surface area contributed by atoms with Crippen molar-refractivity contribution in [1.29, 1.82) is 0 Å². The molecule has 0 amide bonds. The van der Waals surface area contributed by atoms with Crippen LogP contribution in [0.25, 0.3) is 0 Å². The molecule has 0 unspecified atom stereocenters. The zero-order valence-corrected chi connectivity index (χ0v) is 8.14. The third kappa shape index (κ3) is 1.71. The molecule has 2 N–H and O–H groups in total. The van der Waals surface area contributed by atoms with Gasteiger partial charge >= 0.3 is 0 Å². The van der Waals surface area contributed by atoms with Crippen LogP contribution in [0.5, 0.6) is 5.88 Å². The van der Waals surface area contributed by atoms with E-state index in [9.17, 15) is 0 Å². The van der Waals surface area contributed by atoms with Gasteiger partial charge < -0.3 is 15.2 Å². The van der Waals surface area contributed by atoms with Crippen LogP contribution in [0.15, 0.2) is 18.3 Å². The van der Waals surface area contributed by atoms with Crippen molar-refractivity contribution in [1.82, 2.24) is 4.98 Å². The normalized spacial score (nSPS) is 26.4. The highest BCUT2D eigenvalue weighted by molar-refractivity contribution is 5.21. The molecule has 0 bridgehead atoms. The first kappa shape index (κ1) is 9.43. The Morgan fingerprint density at radius 2 is 2.43 bits per heavy atom. The number of hydrogen-bond acceptors (Lipinski definition) is 4. The van der Waals surface area contributed by atoms with Crippen molar-refractivity contribution in [2.75, 3.05) is 13.7 Å². The monoisotopic (exact) mass is 194 g/mol. The minimum Gasteiger partial charge on any atom is -0.481 e. The van der Waals surface area contributed by atoms with E-state index in [-0.39, 0.29) is 12.1 Å². The second-order valence-corrected chi connectivity index (χ2v) is 3.38. The fraction of sp³-hybridized carbons (Fsp3) is 0.500. The smallest absolute Gasteiger partial charge is 0.212 e. The van der Waals surface area contributed by atoms with Crippen molar-refractivity contribution >= 4 is 0 Å². The van der Waals surface area contributed by atoms with E-state index in [0.717, 1.165) is 18.6 Å². The van der Waals surface area contributed by atoms with Crippen LogP contribution >= 0.6 is 0 Å². The van der Waals surface area contributed by atoms with Gasteiger partial charge in [-0.05, 0) is 12.5 Å². The maximum absolute atomic E-state index is 5.90. The van der Waals surface area contributed by atoms with Crippen molar-refractivity contribution in [2.45, 2.75) is 18.6 Å². The molecule has 0 spiro atoms. The minimum absolute atomic E-state index is 0.00611. The predicted molar refractivity (Wildman–Crippen MR) is 52.1 cm³/mol. The van der Waals surface area contributed by atoms with Gasteiger partial charge in [0, 0.05) is 30.5 Å². The molecule has 1 fully saturated rings. The molecule has 1 saturated heterocycles. The molecule has 4 nitrogen and oxygen atoms in total. The zero-order valence-electron chi connectivity index (χ0n) is 8.14. The number of pyridine rings is 1. The maximum Gasteiger partial charge on any atom is 0.212 e. The Labute approximate surface area is 83.0 Å². The Hall–Kier alpha value is -1.13. The van der Waals surface area contributed by atoms with Crippen molar-refractivity contribution in [3.63, 3.8) is 0 Å². The summed E-state index contributed by atoms with van der Waals surface area (Å²) in [5.74, 6) is 0.611. The summed E-state index contributed by atoms with van der Waals surface area (Å²) in [7, 11) is 1.60. The average Bonchev–Trinajstić information content (AvgIpc) is 2.65. The summed E-state index contributed by atoms with van der Waals surface area (Å²) in [5, 5.41) is 0. The molecule has 2 heterocycles. The van der Waals surface area contributed by atoms with Crippen LogP contribution in [0.2, 0.25) is 0 Å². The zero-order chi connectivity index (χ0) is 9.97. The summed E-state index contributed by atoms with van der Waals surface area (Å²) in [5.41, 5.74) is 6.92. The summed E-state index contributed by atoms with van der Waals surface area (Å²) in [4.78, 5) is 4.12. The standard InChI is InChI=1S/C10H14N2O2/c1-13-9-3-2-7(6-12-9)10-8(11)4-5-14-10/h2-3,6,8,10H,4-5,11H2,1H3/t8-,10+/m1/s1. The van der Waals surface area contributed by atoms with Crippen LogP contribution in [0.3, 0.4) is 0 Å². The van der Waals surface area contributed by atoms with E-state index >= 15 is 0 Å². The molecule has 76 valence electrons. The van der Waals surface area contributed by atoms with Gasteiger partial charge in [-0.3, -0.25) is 0 Å². The van der Waals surface area contributed by atoms with Gasteiger partial charge in [0.25, 0.3) is 0 Å². The molecule has 0 aliphatic carbocycles. The van der Waals surface area contributed by atoms with Crippen LogP contribution in [-0.4, -0.2) is 24.7 Å². The molecule has 1 aromatic rings. The van der Waals surface area contributed by atoms with E-state index in [0.29, 0.717) is 5.88 Å². The molecular weight excluding hydrogens is 180 g/mol. The number of ether oxygens (including phenoxy) is 2. The molecule has 2 atom stereocenters. The molecule has 14 heavy (non-hydrogen) atoms. The molecule has 4 heteroatoms. The summed E-state index contributed by atoms with van der Waals surface area (Å²) in [6.45, 7) is 0.734. The van der Waals surface area contributed by atoms with Crippen LogP contribution in [0.4, 0.5) is 0 Å². The fourth-order valence-electron chi connectivity index (χ4n) is 1.63. The molecule has 0 radical (unpaired) electrons. The summed E-state index contributed by atoms with van der Waals surface area (Å²) >= 11 is 0. The lowest BCUT2D eigenvalue weighted by Crippen LogP contribution is -2.23. The SMILES string of the molecule is COc1ccc([C@@H]2OCC[C@H]2N)cn1. The van der Waals surface area contributed by atoms with Gasteiger partial charge in [0.15, 0.2) is 0 Å². The van der Waals surface area contributed by atoms with Crippen molar-refractivity contribution in [2.24, 2.45) is 5.73 Å². The van der Waals surface area contributed by atoms with E-state index in [4.69, 9.17) is 15.2 Å². The third-order valence-corrected chi connectivity index (χ3v) is 2.43. The minimum atomic E-state index is -0.00611. The molecule has 1 aliphatic rings. The van der Waals surface area contributed by atoms with Gasteiger partial charge in [0.2, 0.25) is 5.88 Å². The van der Waals surface area contributed by atoms with Crippen LogP contribution in [0.1, 0.15) is 18.1 Å². The van der Waals surface area contributed by atoms with Crippen molar-refractivity contribution in [3.05, 3.63) is 23.9 Å². The van der Waals surface area contributed by atoms with E-state index in [1.807, 2.05) is 12.1 Å². The lowest BCUT2D eigenvalue weighted by molar-refractivity contribution is 0.105. The summed E-state index contributed by atoms with van der Waals surface area (Å²) in [6.07, 6.45) is 2.67. The number of rotatable bonds is 2. The Kier molecular flexibility index (Phi) is 2.65. The van der Waals surface area contributed by atoms with Crippen molar-refractivity contribution in [3.8, 4) is 5.88 Å². The number of aromatic nitrogens is 1. The first-order valence-electron chi connectivity index (χ1n) is 4.68. The first-order valence-corrected chi connectivity index (χ1v) is 4.68. The van der Waals surface area contributed by atoms with Gasteiger partial charge in [0.05, 0.1) is 13.2 Å². The summed E-state index contributed by atoms with van der Waals surface area (Å²) < 4.78 is 10.5. The van der Waals surface area contributed by atoms with Crippen LogP contribution in [0, 0.1) is 0 Å². The number of nitrogens with zero attached hydrogens (tertiary/aromatic N) is 1. The molecule has 2 rings (SSSR count). The lowest BCUT2D eigenvalue weighted by Gasteiger charge is -2.14. The average molecular weight is 194 g/mol. The fourth-order valence-corrected chi connectivity index (χ4v) is 1.63. The van der Waals surface area contributed by atoms with E-state index in [1.54, 1.807) is 13.3 Å². The number of methoxy groups -OCH3 is 1. The quantitative estimate of drug-likeness (QED) is 0.759. The van der Waals surface area contributed by atoms with Gasteiger partial charge in [0.1, 0.15) is 0 Å². The Morgan fingerprint density at radius 1 is 1.57 bits per heavy atom. The van der Waals surface area contributed by atoms with Crippen LogP contribution in [-0.2, 0) is 4.74 Å². The molecular formula is C10H14N2O2. The Morgan fingerprint density at radius 3 is 2.93 bits per heavy atom. The van der Waals surface area contributed by atoms with Gasteiger partial charge in [-0.25, -0.2) is 4.98 Å². The number of hydrogen-bond donors (Lipinski definition) is 1.